The molecule has 0 radical (unpaired) electrons. The van der Waals surface area contributed by atoms with Gasteiger partial charge in [-0.15, -0.1) is 0 Å². The lowest BCUT2D eigenvalue weighted by atomic mass is 10.2. The molecule has 1 heterocycles. The normalized spacial score (nSPS) is 18.7. The van der Waals surface area contributed by atoms with Gasteiger partial charge in [0.15, 0.2) is 5.96 Å². The number of guanidine groups is 1. The molecule has 0 aromatic rings. The molecular weight excluding hydrogens is 262 g/mol. The first-order valence-electron chi connectivity index (χ1n) is 8.67. The summed E-state index contributed by atoms with van der Waals surface area (Å²) in [5.74, 6) is 0.613. The van der Waals surface area contributed by atoms with Crippen LogP contribution in [0.3, 0.4) is 0 Å². The van der Waals surface area contributed by atoms with Crippen molar-refractivity contribution in [2.45, 2.75) is 45.4 Å². The van der Waals surface area contributed by atoms with E-state index >= 15 is 0 Å². The summed E-state index contributed by atoms with van der Waals surface area (Å²) in [5, 5.41) is 3.20. The van der Waals surface area contributed by atoms with Gasteiger partial charge in [-0.05, 0) is 45.9 Å². The predicted molar refractivity (Wildman–Crippen MR) is 91.8 cm³/mol. The molecule has 21 heavy (non-hydrogen) atoms. The maximum atomic E-state index is 5.87. The summed E-state index contributed by atoms with van der Waals surface area (Å²) in [7, 11) is 2.21. The second-order valence-electron chi connectivity index (χ2n) is 6.11. The van der Waals surface area contributed by atoms with Gasteiger partial charge in [-0.25, -0.2) is 0 Å². The quantitative estimate of drug-likeness (QED) is 0.385. The minimum absolute atomic E-state index is 0.613. The SMILES string of the molecule is CCCCCCNC(N)=NCCCN1CCCN(C)CC1. The molecular formula is C16H35N5. The van der Waals surface area contributed by atoms with Crippen LogP contribution in [-0.4, -0.2) is 68.6 Å². The first kappa shape index (κ1) is 18.2. The van der Waals surface area contributed by atoms with Gasteiger partial charge in [-0.3, -0.25) is 4.99 Å². The zero-order chi connectivity index (χ0) is 15.3. The average Bonchev–Trinajstić information content (AvgIpc) is 2.68. The van der Waals surface area contributed by atoms with Gasteiger partial charge in [0.05, 0.1) is 0 Å². The van der Waals surface area contributed by atoms with Gasteiger partial charge in [0.2, 0.25) is 0 Å². The molecule has 1 fully saturated rings. The van der Waals surface area contributed by atoms with E-state index in [-0.39, 0.29) is 0 Å². The third-order valence-corrected chi connectivity index (χ3v) is 4.06. The van der Waals surface area contributed by atoms with Crippen LogP contribution in [0.1, 0.15) is 45.4 Å². The van der Waals surface area contributed by atoms with Crippen molar-refractivity contribution in [2.75, 3.05) is 52.9 Å². The fourth-order valence-electron chi connectivity index (χ4n) is 2.64. The minimum atomic E-state index is 0.613. The molecule has 0 bridgehead atoms. The molecule has 1 rings (SSSR count). The molecule has 0 aromatic carbocycles. The largest absolute Gasteiger partial charge is 0.370 e. The molecule has 0 amide bonds. The van der Waals surface area contributed by atoms with Crippen molar-refractivity contribution in [3.05, 3.63) is 0 Å². The fraction of sp³-hybridized carbons (Fsp3) is 0.938. The predicted octanol–water partition coefficient (Wildman–Crippen LogP) is 1.50. The number of rotatable bonds is 9. The maximum Gasteiger partial charge on any atom is 0.188 e. The molecule has 1 aliphatic rings. The highest BCUT2D eigenvalue weighted by atomic mass is 15.2. The molecule has 0 aromatic heterocycles. The van der Waals surface area contributed by atoms with Crippen LogP contribution in [0.4, 0.5) is 0 Å². The molecule has 124 valence electrons. The highest BCUT2D eigenvalue weighted by Crippen LogP contribution is 2.01. The Balaban J connectivity index is 2.02. The van der Waals surface area contributed by atoms with Crippen molar-refractivity contribution in [2.24, 2.45) is 10.7 Å². The highest BCUT2D eigenvalue weighted by molar-refractivity contribution is 5.77. The number of aliphatic imine (C=N–C) groups is 1. The van der Waals surface area contributed by atoms with E-state index in [1.165, 1.54) is 58.3 Å². The van der Waals surface area contributed by atoms with Crippen molar-refractivity contribution in [3.8, 4) is 0 Å². The monoisotopic (exact) mass is 297 g/mol. The summed E-state index contributed by atoms with van der Waals surface area (Å²) in [6.07, 6.45) is 7.42. The van der Waals surface area contributed by atoms with Crippen LogP contribution in [0.2, 0.25) is 0 Å². The van der Waals surface area contributed by atoms with E-state index in [0.717, 1.165) is 26.1 Å². The third-order valence-electron chi connectivity index (χ3n) is 4.06. The van der Waals surface area contributed by atoms with Gasteiger partial charge in [0.25, 0.3) is 0 Å². The minimum Gasteiger partial charge on any atom is -0.370 e. The lowest BCUT2D eigenvalue weighted by molar-refractivity contribution is 0.275. The van der Waals surface area contributed by atoms with Crippen LogP contribution in [0.25, 0.3) is 0 Å². The molecule has 3 N–H and O–H groups in total. The summed E-state index contributed by atoms with van der Waals surface area (Å²) in [4.78, 5) is 9.38. The Morgan fingerprint density at radius 2 is 1.95 bits per heavy atom. The first-order valence-corrected chi connectivity index (χ1v) is 8.67. The Kier molecular flexibility index (Phi) is 10.3. The third kappa shape index (κ3) is 9.69. The van der Waals surface area contributed by atoms with Crippen LogP contribution in [0.5, 0.6) is 0 Å². The lowest BCUT2D eigenvalue weighted by Gasteiger charge is -2.19. The van der Waals surface area contributed by atoms with Gasteiger partial charge >= 0.3 is 0 Å². The molecule has 5 heteroatoms. The molecule has 5 nitrogen and oxygen atoms in total. The second-order valence-corrected chi connectivity index (χ2v) is 6.11. The van der Waals surface area contributed by atoms with Crippen molar-refractivity contribution >= 4 is 5.96 Å². The Bertz CT molecular complexity index is 280. The second kappa shape index (κ2) is 11.8. The molecule has 1 aliphatic heterocycles. The fourth-order valence-corrected chi connectivity index (χ4v) is 2.64. The Hall–Kier alpha value is -0.810. The summed E-state index contributed by atoms with van der Waals surface area (Å²) in [6, 6.07) is 0. The maximum absolute atomic E-state index is 5.87. The number of nitrogens with one attached hydrogen (secondary N) is 1. The number of hydrogen-bond donors (Lipinski definition) is 2. The van der Waals surface area contributed by atoms with Crippen molar-refractivity contribution in [1.29, 1.82) is 0 Å². The molecule has 0 aliphatic carbocycles. The summed E-state index contributed by atoms with van der Waals surface area (Å²) >= 11 is 0. The number of unbranched alkanes of at least 4 members (excludes halogenated alkanes) is 3. The van der Waals surface area contributed by atoms with E-state index in [4.69, 9.17) is 5.73 Å². The van der Waals surface area contributed by atoms with E-state index in [0.29, 0.717) is 5.96 Å². The van der Waals surface area contributed by atoms with Crippen molar-refractivity contribution in [3.63, 3.8) is 0 Å². The molecule has 0 saturated carbocycles. The highest BCUT2D eigenvalue weighted by Gasteiger charge is 2.10. The number of nitrogens with two attached hydrogens (primary N) is 1. The number of hydrogen-bond acceptors (Lipinski definition) is 3. The Morgan fingerprint density at radius 1 is 1.10 bits per heavy atom. The molecule has 0 spiro atoms. The van der Waals surface area contributed by atoms with E-state index in [1.54, 1.807) is 0 Å². The summed E-state index contributed by atoms with van der Waals surface area (Å²) in [6.45, 7) is 9.97. The van der Waals surface area contributed by atoms with E-state index in [2.05, 4.69) is 34.1 Å². The van der Waals surface area contributed by atoms with Gasteiger partial charge in [0.1, 0.15) is 0 Å². The lowest BCUT2D eigenvalue weighted by Crippen LogP contribution is -2.33. The van der Waals surface area contributed by atoms with Gasteiger partial charge in [-0.1, -0.05) is 26.2 Å². The van der Waals surface area contributed by atoms with Crippen LogP contribution in [0.15, 0.2) is 4.99 Å². The van der Waals surface area contributed by atoms with E-state index in [9.17, 15) is 0 Å². The topological polar surface area (TPSA) is 56.9 Å². The van der Waals surface area contributed by atoms with Crippen molar-refractivity contribution in [1.82, 2.24) is 15.1 Å². The van der Waals surface area contributed by atoms with Gasteiger partial charge < -0.3 is 20.9 Å². The smallest absolute Gasteiger partial charge is 0.188 e. The summed E-state index contributed by atoms with van der Waals surface area (Å²) in [5.41, 5.74) is 5.87. The number of likely N-dealkylation sites (N-methyl/N-ethyl adjacent to an activating group) is 1. The van der Waals surface area contributed by atoms with Gasteiger partial charge in [0, 0.05) is 26.2 Å². The van der Waals surface area contributed by atoms with Crippen LogP contribution >= 0.6 is 0 Å². The average molecular weight is 297 g/mol. The molecule has 0 unspecified atom stereocenters. The van der Waals surface area contributed by atoms with Gasteiger partial charge in [-0.2, -0.15) is 0 Å². The summed E-state index contributed by atoms with van der Waals surface area (Å²) < 4.78 is 0. The van der Waals surface area contributed by atoms with Crippen molar-refractivity contribution < 1.29 is 0 Å². The van der Waals surface area contributed by atoms with Crippen LogP contribution in [-0.2, 0) is 0 Å². The number of nitrogens with zero attached hydrogens (tertiary/aromatic N) is 3. The standard InChI is InChI=1S/C16H35N5/c1-3-4-5-6-9-18-16(17)19-10-7-12-21-13-8-11-20(2)14-15-21/h3-15H2,1-2H3,(H3,17,18,19). The Morgan fingerprint density at radius 3 is 2.76 bits per heavy atom. The first-order chi connectivity index (χ1) is 10.2. The molecule has 0 atom stereocenters. The van der Waals surface area contributed by atoms with E-state index < -0.39 is 0 Å². The molecule has 1 saturated heterocycles. The van der Waals surface area contributed by atoms with E-state index in [1.807, 2.05) is 0 Å². The zero-order valence-electron chi connectivity index (χ0n) is 14.1. The zero-order valence-corrected chi connectivity index (χ0v) is 14.1. The van der Waals surface area contributed by atoms with Crippen LogP contribution < -0.4 is 11.1 Å². The van der Waals surface area contributed by atoms with Crippen LogP contribution in [0, 0.1) is 0 Å². The Labute approximate surface area is 131 Å².